The van der Waals surface area contributed by atoms with E-state index in [1.807, 2.05) is 6.08 Å². The highest BCUT2D eigenvalue weighted by Crippen LogP contribution is 2.54. The molecule has 0 saturated heterocycles. The summed E-state index contributed by atoms with van der Waals surface area (Å²) in [5.41, 5.74) is 0.420. The average Bonchev–Trinajstić information content (AvgIpc) is 2.07. The van der Waals surface area contributed by atoms with Crippen LogP contribution in [0.15, 0.2) is 12.7 Å². The number of ketones is 1. The normalized spacial score (nSPS) is 31.4. The van der Waals surface area contributed by atoms with Crippen LogP contribution in [-0.2, 0) is 4.79 Å². The first-order valence-electron chi connectivity index (χ1n) is 5.39. The van der Waals surface area contributed by atoms with Gasteiger partial charge in [-0.3, -0.25) is 4.79 Å². The molecule has 0 amide bonds. The van der Waals surface area contributed by atoms with Gasteiger partial charge >= 0.3 is 0 Å². The number of rotatable bonds is 2. The van der Waals surface area contributed by atoms with Gasteiger partial charge in [0, 0.05) is 12.8 Å². The second-order valence-electron chi connectivity index (χ2n) is 4.72. The van der Waals surface area contributed by atoms with Crippen LogP contribution in [0.25, 0.3) is 0 Å². The molecule has 0 bridgehead atoms. The lowest BCUT2D eigenvalue weighted by Gasteiger charge is -2.49. The minimum atomic E-state index is 0.420. The second kappa shape index (κ2) is 3.28. The highest BCUT2D eigenvalue weighted by Gasteiger charge is 2.49. The number of Topliss-reactive ketones (excluding diaryl/α,β-unsaturated/α-hetero) is 1. The molecule has 1 nitrogen and oxygen atoms in total. The molecule has 2 saturated carbocycles. The first-order valence-corrected chi connectivity index (χ1v) is 5.39. The molecule has 2 rings (SSSR count). The largest absolute Gasteiger partial charge is 0.300 e. The number of allylic oxidation sites excluding steroid dienone is 1. The van der Waals surface area contributed by atoms with Crippen LogP contribution in [0, 0.1) is 11.3 Å². The lowest BCUT2D eigenvalue weighted by molar-refractivity contribution is -0.138. The van der Waals surface area contributed by atoms with E-state index in [1.165, 1.54) is 25.7 Å². The zero-order valence-corrected chi connectivity index (χ0v) is 8.22. The summed E-state index contributed by atoms with van der Waals surface area (Å²) in [5.74, 6) is 1.24. The molecule has 1 atom stereocenters. The van der Waals surface area contributed by atoms with E-state index in [0.717, 1.165) is 25.2 Å². The van der Waals surface area contributed by atoms with Gasteiger partial charge in [0.1, 0.15) is 5.78 Å². The average molecular weight is 178 g/mol. The van der Waals surface area contributed by atoms with Gasteiger partial charge in [-0.25, -0.2) is 0 Å². The summed E-state index contributed by atoms with van der Waals surface area (Å²) in [5, 5.41) is 0. The third-order valence-electron chi connectivity index (χ3n) is 3.89. The molecule has 1 spiro atoms. The summed E-state index contributed by atoms with van der Waals surface area (Å²) < 4.78 is 0. The van der Waals surface area contributed by atoms with E-state index in [-0.39, 0.29) is 0 Å². The van der Waals surface area contributed by atoms with Crippen molar-refractivity contribution < 1.29 is 4.79 Å². The summed E-state index contributed by atoms with van der Waals surface area (Å²) in [6, 6.07) is 0. The molecule has 0 N–H and O–H groups in total. The smallest absolute Gasteiger partial charge is 0.134 e. The van der Waals surface area contributed by atoms with Gasteiger partial charge in [-0.15, -0.1) is 6.58 Å². The van der Waals surface area contributed by atoms with Crippen molar-refractivity contribution in [1.82, 2.24) is 0 Å². The number of carbonyl (C=O) groups is 1. The lowest BCUT2D eigenvalue weighted by Crippen LogP contribution is -2.45. The molecular formula is C12H18O. The second-order valence-corrected chi connectivity index (χ2v) is 4.72. The molecule has 0 heterocycles. The van der Waals surface area contributed by atoms with E-state index in [0.29, 0.717) is 11.2 Å². The molecule has 1 heteroatoms. The Kier molecular flexibility index (Phi) is 2.27. The van der Waals surface area contributed by atoms with Gasteiger partial charge in [-0.2, -0.15) is 0 Å². The molecule has 2 aliphatic carbocycles. The quantitative estimate of drug-likeness (QED) is 0.594. The molecular weight excluding hydrogens is 160 g/mol. The zero-order chi connectivity index (χ0) is 9.31. The van der Waals surface area contributed by atoms with Gasteiger partial charge < -0.3 is 0 Å². The minimum absolute atomic E-state index is 0.420. The molecule has 72 valence electrons. The Morgan fingerprint density at radius 2 is 2.23 bits per heavy atom. The molecule has 13 heavy (non-hydrogen) atoms. The highest BCUT2D eigenvalue weighted by atomic mass is 16.1. The first kappa shape index (κ1) is 8.98. The molecule has 2 aliphatic rings. The lowest BCUT2D eigenvalue weighted by atomic mass is 9.54. The third-order valence-corrected chi connectivity index (χ3v) is 3.89. The zero-order valence-electron chi connectivity index (χ0n) is 8.22. The van der Waals surface area contributed by atoms with E-state index in [2.05, 4.69) is 6.58 Å². The van der Waals surface area contributed by atoms with Crippen LogP contribution in [0.5, 0.6) is 0 Å². The van der Waals surface area contributed by atoms with Crippen LogP contribution in [0.3, 0.4) is 0 Å². The highest BCUT2D eigenvalue weighted by molar-refractivity contribution is 5.86. The van der Waals surface area contributed by atoms with Gasteiger partial charge in [0.05, 0.1) is 0 Å². The molecule has 0 aromatic carbocycles. The molecule has 0 aliphatic heterocycles. The van der Waals surface area contributed by atoms with Crippen molar-refractivity contribution in [2.24, 2.45) is 11.3 Å². The van der Waals surface area contributed by atoms with Crippen molar-refractivity contribution in [3.8, 4) is 0 Å². The topological polar surface area (TPSA) is 17.1 Å². The van der Waals surface area contributed by atoms with Crippen LogP contribution in [0.1, 0.15) is 44.9 Å². The van der Waals surface area contributed by atoms with Crippen LogP contribution >= 0.6 is 0 Å². The van der Waals surface area contributed by atoms with Gasteiger partial charge in [0.15, 0.2) is 0 Å². The van der Waals surface area contributed by atoms with E-state index in [4.69, 9.17) is 0 Å². The van der Waals surface area contributed by atoms with E-state index >= 15 is 0 Å². The Hall–Kier alpha value is -0.590. The summed E-state index contributed by atoms with van der Waals surface area (Å²) >= 11 is 0. The third kappa shape index (κ3) is 1.45. The van der Waals surface area contributed by atoms with Crippen molar-refractivity contribution in [2.45, 2.75) is 44.9 Å². The fourth-order valence-corrected chi connectivity index (χ4v) is 3.15. The number of hydrogen-bond donors (Lipinski definition) is 0. The van der Waals surface area contributed by atoms with Crippen molar-refractivity contribution in [2.75, 3.05) is 0 Å². The van der Waals surface area contributed by atoms with Crippen molar-refractivity contribution in [3.63, 3.8) is 0 Å². The molecule has 0 aromatic rings. The Morgan fingerprint density at radius 1 is 1.46 bits per heavy atom. The predicted octanol–water partition coefficient (Wildman–Crippen LogP) is 3.10. The molecule has 1 unspecified atom stereocenters. The van der Waals surface area contributed by atoms with Crippen LogP contribution in [0.4, 0.5) is 0 Å². The first-order chi connectivity index (χ1) is 6.27. The summed E-state index contributed by atoms with van der Waals surface area (Å²) in [6.07, 6.45) is 10.2. The summed E-state index contributed by atoms with van der Waals surface area (Å²) in [7, 11) is 0. The fraction of sp³-hybridized carbons (Fsp3) is 0.750. The van der Waals surface area contributed by atoms with Crippen molar-refractivity contribution in [3.05, 3.63) is 12.7 Å². The number of hydrogen-bond acceptors (Lipinski definition) is 1. The Labute approximate surface area is 80.2 Å². The monoisotopic (exact) mass is 178 g/mol. The standard InChI is InChI=1S/C12H18O/c1-2-5-10-6-3-4-7-12(10)8-11(13)9-12/h2,10H,1,3-9H2. The van der Waals surface area contributed by atoms with E-state index in [9.17, 15) is 4.79 Å². The van der Waals surface area contributed by atoms with Crippen LogP contribution < -0.4 is 0 Å². The maximum atomic E-state index is 11.1. The van der Waals surface area contributed by atoms with Crippen LogP contribution in [0.2, 0.25) is 0 Å². The van der Waals surface area contributed by atoms with Crippen LogP contribution in [-0.4, -0.2) is 5.78 Å². The van der Waals surface area contributed by atoms with Gasteiger partial charge in [-0.05, 0) is 30.6 Å². The SMILES string of the molecule is C=CCC1CCCCC12CC(=O)C2. The van der Waals surface area contributed by atoms with E-state index < -0.39 is 0 Å². The summed E-state index contributed by atoms with van der Waals surface area (Å²) in [4.78, 5) is 11.1. The minimum Gasteiger partial charge on any atom is -0.300 e. The molecule has 0 aromatic heterocycles. The van der Waals surface area contributed by atoms with Crippen molar-refractivity contribution >= 4 is 5.78 Å². The van der Waals surface area contributed by atoms with E-state index in [1.54, 1.807) is 0 Å². The maximum absolute atomic E-state index is 11.1. The van der Waals surface area contributed by atoms with Crippen molar-refractivity contribution in [1.29, 1.82) is 0 Å². The Bertz CT molecular complexity index is 221. The van der Waals surface area contributed by atoms with Gasteiger partial charge in [-0.1, -0.05) is 18.9 Å². The van der Waals surface area contributed by atoms with Gasteiger partial charge in [0.2, 0.25) is 0 Å². The summed E-state index contributed by atoms with van der Waals surface area (Å²) in [6.45, 7) is 3.81. The number of carbonyl (C=O) groups excluding carboxylic acids is 1. The van der Waals surface area contributed by atoms with Gasteiger partial charge in [0.25, 0.3) is 0 Å². The molecule has 2 fully saturated rings. The Morgan fingerprint density at radius 3 is 2.85 bits per heavy atom. The molecule has 0 radical (unpaired) electrons. The maximum Gasteiger partial charge on any atom is 0.134 e. The fourth-order valence-electron chi connectivity index (χ4n) is 3.15. The predicted molar refractivity (Wildman–Crippen MR) is 53.4 cm³/mol. The Balaban J connectivity index is 2.05.